The highest BCUT2D eigenvalue weighted by atomic mass is 35.5. The van der Waals surface area contributed by atoms with Gasteiger partial charge in [0.25, 0.3) is 0 Å². The highest BCUT2D eigenvalue weighted by Gasteiger charge is 2.32. The summed E-state index contributed by atoms with van der Waals surface area (Å²) >= 11 is 7.87. The molecule has 252 valence electrons. The average molecular weight is 677 g/mol. The van der Waals surface area contributed by atoms with E-state index in [0.717, 1.165) is 39.8 Å². The van der Waals surface area contributed by atoms with Crippen LogP contribution in [-0.2, 0) is 28.5 Å². The van der Waals surface area contributed by atoms with E-state index in [-0.39, 0.29) is 12.3 Å². The number of ether oxygens (including phenoxy) is 5. The number of aryl methyl sites for hydroxylation is 2. The number of hydrogen-bond donors (Lipinski definition) is 2. The van der Waals surface area contributed by atoms with E-state index in [9.17, 15) is 4.79 Å². The number of nitrogens with one attached hydrogen (secondary N) is 2. The van der Waals surface area contributed by atoms with Crippen molar-refractivity contribution in [2.75, 3.05) is 86.2 Å². The van der Waals surface area contributed by atoms with Crippen molar-refractivity contribution in [3.63, 3.8) is 0 Å². The summed E-state index contributed by atoms with van der Waals surface area (Å²) in [5.74, 6) is 1.26. The van der Waals surface area contributed by atoms with Crippen molar-refractivity contribution in [2.45, 2.75) is 33.2 Å². The standard InChI is InChI=1S/C32H45ClN6O6S/c1-22-23(2)46-32-29(22)30(25-5-7-26(33)8-6-25)36-27(31-38-37-24(3)39(31)32)21-28(40)35-10-12-42-14-16-44-18-20-45-19-17-43-15-13-41-11-9-34-4/h5-8,27,34H,9-21H2,1-4H3,(H,35,40)/t27-/m0/s1. The second kappa shape index (κ2) is 19.2. The summed E-state index contributed by atoms with van der Waals surface area (Å²) in [6.07, 6.45) is 0.126. The molecule has 1 aliphatic heterocycles. The maximum Gasteiger partial charge on any atom is 0.222 e. The molecule has 0 spiro atoms. The minimum atomic E-state index is -0.517. The molecule has 0 bridgehead atoms. The van der Waals surface area contributed by atoms with Gasteiger partial charge in [0.05, 0.1) is 78.2 Å². The summed E-state index contributed by atoms with van der Waals surface area (Å²) in [4.78, 5) is 19.4. The molecule has 14 heteroatoms. The molecule has 0 aliphatic carbocycles. The van der Waals surface area contributed by atoms with Crippen LogP contribution in [0.15, 0.2) is 29.3 Å². The third kappa shape index (κ3) is 10.4. The van der Waals surface area contributed by atoms with E-state index < -0.39 is 6.04 Å². The quantitative estimate of drug-likeness (QED) is 0.163. The predicted molar refractivity (Wildman–Crippen MR) is 179 cm³/mol. The second-order valence-corrected chi connectivity index (χ2v) is 12.3. The van der Waals surface area contributed by atoms with Gasteiger partial charge in [0.15, 0.2) is 5.82 Å². The molecule has 3 heterocycles. The van der Waals surface area contributed by atoms with Gasteiger partial charge in [-0.1, -0.05) is 23.7 Å². The van der Waals surface area contributed by atoms with Crippen molar-refractivity contribution in [3.05, 3.63) is 62.5 Å². The molecule has 3 aromatic rings. The molecule has 12 nitrogen and oxygen atoms in total. The van der Waals surface area contributed by atoms with Crippen molar-refractivity contribution in [3.8, 4) is 5.00 Å². The molecule has 1 aliphatic rings. The lowest BCUT2D eigenvalue weighted by molar-refractivity contribution is -0.121. The lowest BCUT2D eigenvalue weighted by Crippen LogP contribution is -2.29. The molecule has 4 rings (SSSR count). The zero-order valence-corrected chi connectivity index (χ0v) is 28.7. The van der Waals surface area contributed by atoms with Crippen LogP contribution < -0.4 is 10.6 Å². The van der Waals surface area contributed by atoms with Gasteiger partial charge in [0.2, 0.25) is 5.91 Å². The zero-order chi connectivity index (χ0) is 32.7. The molecule has 1 aromatic carbocycles. The Balaban J connectivity index is 1.17. The number of rotatable bonds is 21. The SMILES string of the molecule is CNCCOCCOCCOCCOCCOCCNC(=O)C[C@@H]1N=C(c2ccc(Cl)cc2)c2c(sc(C)c2C)-n2c(C)nnc21. The fourth-order valence-electron chi connectivity index (χ4n) is 4.80. The van der Waals surface area contributed by atoms with E-state index in [2.05, 4.69) is 34.7 Å². The predicted octanol–water partition coefficient (Wildman–Crippen LogP) is 3.61. The van der Waals surface area contributed by atoms with Crippen LogP contribution in [0.25, 0.3) is 5.00 Å². The Morgan fingerprint density at radius 3 is 2.00 bits per heavy atom. The van der Waals surface area contributed by atoms with Gasteiger partial charge in [0.1, 0.15) is 16.9 Å². The van der Waals surface area contributed by atoms with Gasteiger partial charge in [0, 0.05) is 34.1 Å². The first kappa shape index (κ1) is 36.1. The molecule has 0 saturated carbocycles. The van der Waals surface area contributed by atoms with Gasteiger partial charge < -0.3 is 34.3 Å². The summed E-state index contributed by atoms with van der Waals surface area (Å²) in [6.45, 7) is 12.4. The lowest BCUT2D eigenvalue weighted by atomic mass is 9.99. The van der Waals surface area contributed by atoms with Crippen molar-refractivity contribution in [1.29, 1.82) is 0 Å². The van der Waals surface area contributed by atoms with Crippen molar-refractivity contribution in [1.82, 2.24) is 25.4 Å². The van der Waals surface area contributed by atoms with Gasteiger partial charge in [-0.2, -0.15) is 0 Å². The van der Waals surface area contributed by atoms with Crippen molar-refractivity contribution >= 4 is 34.6 Å². The average Bonchev–Trinajstić information content (AvgIpc) is 3.52. The molecule has 0 saturated heterocycles. The molecule has 1 amide bonds. The first-order chi connectivity index (χ1) is 22.4. The monoisotopic (exact) mass is 676 g/mol. The molecule has 0 fully saturated rings. The van der Waals surface area contributed by atoms with E-state index in [1.54, 1.807) is 11.3 Å². The Labute approximate surface area is 279 Å². The lowest BCUT2D eigenvalue weighted by Gasteiger charge is -2.13. The maximum atomic E-state index is 13.1. The molecule has 0 radical (unpaired) electrons. The topological polar surface area (TPSA) is 130 Å². The summed E-state index contributed by atoms with van der Waals surface area (Å²) in [5.41, 5.74) is 3.93. The van der Waals surface area contributed by atoms with E-state index >= 15 is 0 Å². The number of amides is 1. The van der Waals surface area contributed by atoms with Crippen LogP contribution in [0.1, 0.15) is 45.7 Å². The molecule has 0 unspecified atom stereocenters. The van der Waals surface area contributed by atoms with Crippen LogP contribution in [-0.4, -0.2) is 113 Å². The van der Waals surface area contributed by atoms with E-state index in [0.29, 0.717) is 83.5 Å². The largest absolute Gasteiger partial charge is 0.378 e. The first-order valence-electron chi connectivity index (χ1n) is 15.6. The number of aromatic nitrogens is 3. The minimum absolute atomic E-state index is 0.126. The maximum absolute atomic E-state index is 13.1. The number of hydrogen-bond acceptors (Lipinski definition) is 11. The number of likely N-dealkylation sites (N-methyl/N-ethyl adjacent to an activating group) is 1. The Kier molecular flexibility index (Phi) is 15.0. The van der Waals surface area contributed by atoms with Crippen molar-refractivity contribution in [2.24, 2.45) is 4.99 Å². The van der Waals surface area contributed by atoms with Crippen LogP contribution in [0.2, 0.25) is 5.02 Å². The van der Waals surface area contributed by atoms with Crippen LogP contribution >= 0.6 is 22.9 Å². The molecule has 46 heavy (non-hydrogen) atoms. The minimum Gasteiger partial charge on any atom is -0.378 e. The van der Waals surface area contributed by atoms with Gasteiger partial charge >= 0.3 is 0 Å². The Morgan fingerprint density at radius 2 is 1.41 bits per heavy atom. The van der Waals surface area contributed by atoms with Gasteiger partial charge in [-0.25, -0.2) is 0 Å². The van der Waals surface area contributed by atoms with Gasteiger partial charge in [-0.3, -0.25) is 14.4 Å². The van der Waals surface area contributed by atoms with Crippen LogP contribution in [0.5, 0.6) is 0 Å². The summed E-state index contributed by atoms with van der Waals surface area (Å²) < 4.78 is 29.5. The van der Waals surface area contributed by atoms with E-state index in [1.807, 2.05) is 42.8 Å². The third-order valence-corrected chi connectivity index (χ3v) is 8.73. The highest BCUT2D eigenvalue weighted by molar-refractivity contribution is 7.15. The smallest absolute Gasteiger partial charge is 0.222 e. The third-order valence-electron chi connectivity index (χ3n) is 7.29. The summed E-state index contributed by atoms with van der Waals surface area (Å²) in [6, 6.07) is 7.12. The van der Waals surface area contributed by atoms with E-state index in [4.69, 9.17) is 40.3 Å². The summed E-state index contributed by atoms with van der Waals surface area (Å²) in [5, 5.41) is 16.4. The number of benzene rings is 1. The second-order valence-electron chi connectivity index (χ2n) is 10.6. The summed E-state index contributed by atoms with van der Waals surface area (Å²) in [7, 11) is 1.89. The number of nitrogens with zero attached hydrogens (tertiary/aromatic N) is 4. The number of aliphatic imine (C=N–C) groups is 1. The first-order valence-corrected chi connectivity index (χ1v) is 16.8. The number of thiophene rings is 1. The van der Waals surface area contributed by atoms with Crippen molar-refractivity contribution < 1.29 is 28.5 Å². The molecule has 1 atom stereocenters. The Hall–Kier alpha value is -2.75. The van der Waals surface area contributed by atoms with E-state index in [1.165, 1.54) is 4.88 Å². The normalized spacial score (nSPS) is 14.1. The fourth-order valence-corrected chi connectivity index (χ4v) is 6.14. The number of halogens is 1. The van der Waals surface area contributed by atoms with Gasteiger partial charge in [-0.05, 0) is 45.5 Å². The zero-order valence-electron chi connectivity index (χ0n) is 27.1. The van der Waals surface area contributed by atoms with Crippen LogP contribution in [0.4, 0.5) is 0 Å². The van der Waals surface area contributed by atoms with Gasteiger partial charge in [-0.15, -0.1) is 21.5 Å². The van der Waals surface area contributed by atoms with Crippen LogP contribution in [0.3, 0.4) is 0 Å². The van der Waals surface area contributed by atoms with Crippen LogP contribution in [0, 0.1) is 20.8 Å². The Bertz CT molecular complexity index is 1410. The number of carbonyl (C=O) groups is 1. The molecular formula is C32H45ClN6O6S. The highest BCUT2D eigenvalue weighted by Crippen LogP contribution is 2.39. The Morgan fingerprint density at radius 1 is 0.848 bits per heavy atom. The number of carbonyl (C=O) groups excluding carboxylic acids is 1. The molecule has 2 N–H and O–H groups in total. The number of fused-ring (bicyclic) bond motifs is 3. The molecule has 2 aromatic heterocycles. The fraction of sp³-hybridized carbons (Fsp3) is 0.562. The molecular weight excluding hydrogens is 632 g/mol.